The average Bonchev–Trinajstić information content (AvgIpc) is 3.47. The SMILES string of the molecule is Cc1cc(C2CC2)cc(O)c1-c1ccc(N2CCO[C@H](CO)C2)nn1. The van der Waals surface area contributed by atoms with E-state index in [2.05, 4.69) is 21.2 Å². The fourth-order valence-corrected chi connectivity index (χ4v) is 3.45. The van der Waals surface area contributed by atoms with Crippen molar-refractivity contribution in [3.8, 4) is 17.0 Å². The summed E-state index contributed by atoms with van der Waals surface area (Å²) in [7, 11) is 0. The number of hydrogen-bond acceptors (Lipinski definition) is 6. The first-order valence-corrected chi connectivity index (χ1v) is 8.80. The van der Waals surface area contributed by atoms with Crippen molar-refractivity contribution >= 4 is 5.82 Å². The minimum absolute atomic E-state index is 0.00240. The number of phenolic OH excluding ortho intramolecular Hbond substituents is 1. The molecule has 25 heavy (non-hydrogen) atoms. The predicted molar refractivity (Wildman–Crippen MR) is 94.9 cm³/mol. The van der Waals surface area contributed by atoms with Crippen LogP contribution in [0.25, 0.3) is 11.3 Å². The van der Waals surface area contributed by atoms with Gasteiger partial charge in [0.25, 0.3) is 0 Å². The molecule has 1 saturated carbocycles. The summed E-state index contributed by atoms with van der Waals surface area (Å²) < 4.78 is 5.47. The van der Waals surface area contributed by atoms with E-state index < -0.39 is 0 Å². The second kappa shape index (κ2) is 6.61. The van der Waals surface area contributed by atoms with Gasteiger partial charge >= 0.3 is 0 Å². The first-order chi connectivity index (χ1) is 12.2. The van der Waals surface area contributed by atoms with Crippen LogP contribution in [-0.4, -0.2) is 52.8 Å². The predicted octanol–water partition coefficient (Wildman–Crippen LogP) is 2.23. The molecular formula is C19H23N3O3. The molecule has 2 fully saturated rings. The second-order valence-corrected chi connectivity index (χ2v) is 6.90. The maximum absolute atomic E-state index is 10.5. The van der Waals surface area contributed by atoms with Crippen molar-refractivity contribution < 1.29 is 14.9 Å². The lowest BCUT2D eigenvalue weighted by Gasteiger charge is -2.32. The molecule has 6 nitrogen and oxygen atoms in total. The maximum Gasteiger partial charge on any atom is 0.151 e. The van der Waals surface area contributed by atoms with Crippen LogP contribution >= 0.6 is 0 Å². The second-order valence-electron chi connectivity index (χ2n) is 6.90. The summed E-state index contributed by atoms with van der Waals surface area (Å²) in [6.45, 7) is 3.90. The summed E-state index contributed by atoms with van der Waals surface area (Å²) in [5.74, 6) is 1.64. The van der Waals surface area contributed by atoms with Gasteiger partial charge in [0.2, 0.25) is 0 Å². The smallest absolute Gasteiger partial charge is 0.151 e. The molecule has 2 aliphatic rings. The molecule has 0 radical (unpaired) electrons. The van der Waals surface area contributed by atoms with Crippen LogP contribution in [0.1, 0.15) is 29.9 Å². The minimum atomic E-state index is -0.184. The summed E-state index contributed by atoms with van der Waals surface area (Å²) in [4.78, 5) is 2.06. The zero-order valence-corrected chi connectivity index (χ0v) is 14.4. The van der Waals surface area contributed by atoms with Gasteiger partial charge in [-0.3, -0.25) is 0 Å². The average molecular weight is 341 g/mol. The molecule has 1 aliphatic heterocycles. The summed E-state index contributed by atoms with van der Waals surface area (Å²) in [6.07, 6.45) is 2.24. The van der Waals surface area contributed by atoms with Crippen molar-refractivity contribution in [2.45, 2.75) is 31.8 Å². The number of nitrogens with zero attached hydrogens (tertiary/aromatic N) is 3. The number of aromatic hydroxyl groups is 1. The summed E-state index contributed by atoms with van der Waals surface area (Å²) in [5.41, 5.74) is 3.66. The number of anilines is 1. The lowest BCUT2D eigenvalue weighted by atomic mass is 9.99. The summed E-state index contributed by atoms with van der Waals surface area (Å²) >= 11 is 0. The quantitative estimate of drug-likeness (QED) is 0.888. The Kier molecular flexibility index (Phi) is 4.31. The monoisotopic (exact) mass is 341 g/mol. The number of rotatable bonds is 4. The van der Waals surface area contributed by atoms with E-state index in [1.807, 2.05) is 25.1 Å². The van der Waals surface area contributed by atoms with Gasteiger partial charge in [-0.2, -0.15) is 0 Å². The Morgan fingerprint density at radius 3 is 2.72 bits per heavy atom. The molecule has 4 rings (SSSR count). The Balaban J connectivity index is 1.58. The highest BCUT2D eigenvalue weighted by Crippen LogP contribution is 2.43. The highest BCUT2D eigenvalue weighted by Gasteiger charge is 2.26. The van der Waals surface area contributed by atoms with Gasteiger partial charge < -0.3 is 19.8 Å². The Labute approximate surface area is 147 Å². The Morgan fingerprint density at radius 1 is 1.24 bits per heavy atom. The van der Waals surface area contributed by atoms with Gasteiger partial charge in [0, 0.05) is 18.7 Å². The van der Waals surface area contributed by atoms with Crippen molar-refractivity contribution in [3.05, 3.63) is 35.4 Å². The Bertz CT molecular complexity index is 736. The zero-order chi connectivity index (χ0) is 17.4. The molecule has 132 valence electrons. The molecule has 0 spiro atoms. The fraction of sp³-hybridized carbons (Fsp3) is 0.474. The van der Waals surface area contributed by atoms with E-state index in [0.29, 0.717) is 24.8 Å². The van der Waals surface area contributed by atoms with Crippen molar-refractivity contribution in [2.75, 3.05) is 31.2 Å². The number of aryl methyl sites for hydroxylation is 1. The normalized spacial score (nSPS) is 20.7. The van der Waals surface area contributed by atoms with Crippen molar-refractivity contribution in [3.63, 3.8) is 0 Å². The van der Waals surface area contributed by atoms with E-state index in [4.69, 9.17) is 4.74 Å². The standard InChI is InChI=1S/C19H23N3O3/c1-12-8-14(13-2-3-13)9-17(24)19(12)16-4-5-18(21-20-16)22-6-7-25-15(10-22)11-23/h4-5,8-9,13,15,23-24H,2-3,6-7,10-11H2,1H3/t15-/m0/s1. The van der Waals surface area contributed by atoms with E-state index >= 15 is 0 Å². The van der Waals surface area contributed by atoms with E-state index in [1.54, 1.807) is 0 Å². The third-order valence-corrected chi connectivity index (χ3v) is 4.96. The Hall–Kier alpha value is -2.18. The zero-order valence-electron chi connectivity index (χ0n) is 14.4. The van der Waals surface area contributed by atoms with E-state index in [0.717, 1.165) is 23.5 Å². The molecule has 0 amide bonds. The largest absolute Gasteiger partial charge is 0.507 e. The number of benzene rings is 1. The van der Waals surface area contributed by atoms with Gasteiger partial charge in [0.05, 0.1) is 25.0 Å². The van der Waals surface area contributed by atoms with Crippen molar-refractivity contribution in [1.82, 2.24) is 10.2 Å². The number of ether oxygens (including phenoxy) is 1. The number of morpholine rings is 1. The van der Waals surface area contributed by atoms with Gasteiger partial charge in [-0.05, 0) is 55.0 Å². The van der Waals surface area contributed by atoms with Crippen LogP contribution in [0.2, 0.25) is 0 Å². The van der Waals surface area contributed by atoms with Crippen molar-refractivity contribution in [2.24, 2.45) is 0 Å². The van der Waals surface area contributed by atoms with Gasteiger partial charge in [-0.15, -0.1) is 10.2 Å². The molecule has 1 aromatic carbocycles. The molecule has 1 aliphatic carbocycles. The van der Waals surface area contributed by atoms with Crippen LogP contribution in [0.5, 0.6) is 5.75 Å². The fourth-order valence-electron chi connectivity index (χ4n) is 3.45. The van der Waals surface area contributed by atoms with Gasteiger partial charge in [-0.1, -0.05) is 6.07 Å². The van der Waals surface area contributed by atoms with Gasteiger partial charge in [0.15, 0.2) is 5.82 Å². The molecule has 1 atom stereocenters. The lowest BCUT2D eigenvalue weighted by molar-refractivity contribution is 0.00332. The number of aliphatic hydroxyl groups is 1. The van der Waals surface area contributed by atoms with Crippen LogP contribution < -0.4 is 4.90 Å². The third-order valence-electron chi connectivity index (χ3n) is 4.96. The van der Waals surface area contributed by atoms with Gasteiger partial charge in [0.1, 0.15) is 5.75 Å². The number of phenols is 1. The highest BCUT2D eigenvalue weighted by atomic mass is 16.5. The molecular weight excluding hydrogens is 318 g/mol. The molecule has 0 unspecified atom stereocenters. The topological polar surface area (TPSA) is 78.7 Å². The maximum atomic E-state index is 10.5. The molecule has 0 bridgehead atoms. The molecule has 6 heteroatoms. The number of aromatic nitrogens is 2. The summed E-state index contributed by atoms with van der Waals surface area (Å²) in [6, 6.07) is 7.82. The molecule has 1 saturated heterocycles. The lowest BCUT2D eigenvalue weighted by Crippen LogP contribution is -2.44. The number of hydrogen-bond donors (Lipinski definition) is 2. The minimum Gasteiger partial charge on any atom is -0.507 e. The molecule has 1 aromatic heterocycles. The van der Waals surface area contributed by atoms with Crippen LogP contribution in [0, 0.1) is 6.92 Å². The summed E-state index contributed by atoms with van der Waals surface area (Å²) in [5, 5.41) is 28.4. The van der Waals surface area contributed by atoms with Crippen LogP contribution in [0.3, 0.4) is 0 Å². The van der Waals surface area contributed by atoms with Gasteiger partial charge in [-0.25, -0.2) is 0 Å². The van der Waals surface area contributed by atoms with Crippen LogP contribution in [0.4, 0.5) is 5.82 Å². The molecule has 2 aromatic rings. The number of aliphatic hydroxyl groups excluding tert-OH is 1. The van der Waals surface area contributed by atoms with E-state index in [-0.39, 0.29) is 18.5 Å². The van der Waals surface area contributed by atoms with E-state index in [9.17, 15) is 10.2 Å². The van der Waals surface area contributed by atoms with E-state index in [1.165, 1.54) is 18.4 Å². The molecule has 2 N–H and O–H groups in total. The third kappa shape index (κ3) is 3.32. The Morgan fingerprint density at radius 2 is 2.08 bits per heavy atom. The molecule has 2 heterocycles. The van der Waals surface area contributed by atoms with Crippen LogP contribution in [0.15, 0.2) is 24.3 Å². The highest BCUT2D eigenvalue weighted by molar-refractivity contribution is 5.71. The van der Waals surface area contributed by atoms with Crippen LogP contribution in [-0.2, 0) is 4.74 Å². The first kappa shape index (κ1) is 16.3. The van der Waals surface area contributed by atoms with Crippen molar-refractivity contribution in [1.29, 1.82) is 0 Å². The first-order valence-electron chi connectivity index (χ1n) is 8.80.